The Hall–Kier alpha value is -6.66. The van der Waals surface area contributed by atoms with Crippen LogP contribution in [-0.2, 0) is 64.8 Å². The summed E-state index contributed by atoms with van der Waals surface area (Å²) in [4.78, 5) is 16.0. The van der Waals surface area contributed by atoms with Gasteiger partial charge >= 0.3 is 10.4 Å². The minimum atomic E-state index is -5.09. The highest BCUT2D eigenvalue weighted by molar-refractivity contribution is 7.92. The van der Waals surface area contributed by atoms with Crippen LogP contribution in [0.2, 0.25) is 5.28 Å². The van der Waals surface area contributed by atoms with Crippen molar-refractivity contribution in [3.8, 4) is 11.5 Å². The van der Waals surface area contributed by atoms with Gasteiger partial charge in [0.1, 0.15) is 32.9 Å². The molecule has 0 bridgehead atoms. The number of fused-ring (bicyclic) bond motifs is 2. The summed E-state index contributed by atoms with van der Waals surface area (Å²) in [5.41, 5.74) is 2.86. The zero-order valence-electron chi connectivity index (χ0n) is 38.0. The molecule has 0 aliphatic carbocycles. The van der Waals surface area contributed by atoms with Crippen LogP contribution in [0.15, 0.2) is 120 Å². The Balaban J connectivity index is 1.14. The van der Waals surface area contributed by atoms with Gasteiger partial charge in [-0.2, -0.15) is 45.3 Å². The summed E-state index contributed by atoms with van der Waals surface area (Å²) in [6.07, 6.45) is 0. The Morgan fingerprint density at radius 1 is 0.693 bits per heavy atom. The van der Waals surface area contributed by atoms with E-state index < -0.39 is 83.6 Å². The molecule has 396 valence electrons. The second-order valence-corrected chi connectivity index (χ2v) is 22.9. The fraction of sp³-hybridized carbons (Fsp3) is 0.146. The fourth-order valence-electron chi connectivity index (χ4n) is 6.81. The van der Waals surface area contributed by atoms with Crippen LogP contribution in [-0.4, -0.2) is 101 Å². The first-order chi connectivity index (χ1) is 35.2. The monoisotopic (exact) mass is 1170 g/mol. The molecule has 1 unspecified atom stereocenters. The number of alkyl halides is 1. The highest BCUT2D eigenvalue weighted by Crippen LogP contribution is 2.46. The Morgan fingerprint density at radius 2 is 1.36 bits per heavy atom. The number of aromatic hydroxyl groups is 2. The average Bonchev–Trinajstić information content (AvgIpc) is 3.31. The van der Waals surface area contributed by atoms with E-state index in [0.717, 1.165) is 36.4 Å². The molecule has 0 saturated heterocycles. The van der Waals surface area contributed by atoms with Gasteiger partial charge in [0, 0.05) is 16.5 Å². The van der Waals surface area contributed by atoms with Crippen LogP contribution in [0.3, 0.4) is 0 Å². The summed E-state index contributed by atoms with van der Waals surface area (Å²) in [6, 6.07) is 17.8. The van der Waals surface area contributed by atoms with Crippen molar-refractivity contribution in [3.63, 3.8) is 0 Å². The first-order valence-corrected chi connectivity index (χ1v) is 28.6. The number of aryl methyl sites for hydroxylation is 2. The molecule has 0 spiro atoms. The number of phenols is 2. The normalized spacial score (nSPS) is 13.0. The van der Waals surface area contributed by atoms with Gasteiger partial charge in [0.15, 0.2) is 28.5 Å². The minimum absolute atomic E-state index is 0.0402. The van der Waals surface area contributed by atoms with Crippen LogP contribution in [0.25, 0.3) is 21.5 Å². The third kappa shape index (κ3) is 14.2. The summed E-state index contributed by atoms with van der Waals surface area (Å²) in [7, 11) is -19.4. The third-order valence-corrected chi connectivity index (χ3v) is 15.0. The molecule has 1 atom stereocenters. The van der Waals surface area contributed by atoms with Crippen molar-refractivity contribution in [2.45, 2.75) is 28.5 Å². The average molecular weight is 1170 g/mol. The third-order valence-electron chi connectivity index (χ3n) is 9.99. The van der Waals surface area contributed by atoms with Crippen molar-refractivity contribution in [1.82, 2.24) is 15.0 Å². The van der Waals surface area contributed by atoms with Gasteiger partial charge in [0.2, 0.25) is 27.0 Å². The van der Waals surface area contributed by atoms with Crippen molar-refractivity contribution in [3.05, 3.63) is 101 Å². The second kappa shape index (κ2) is 22.7. The number of phenolic OH excluding ortho intramolecular Hbond substituents is 2. The lowest BCUT2D eigenvalue weighted by molar-refractivity contribution is 0.210. The van der Waals surface area contributed by atoms with E-state index in [9.17, 15) is 57.2 Å². The molecule has 34 heteroatoms. The zero-order valence-corrected chi connectivity index (χ0v) is 43.6. The van der Waals surface area contributed by atoms with Crippen molar-refractivity contribution >= 4 is 148 Å². The molecule has 0 fully saturated rings. The van der Waals surface area contributed by atoms with Gasteiger partial charge in [-0.25, -0.2) is 16.8 Å². The second-order valence-electron chi connectivity index (χ2n) is 15.3. The molecule has 1 aromatic heterocycles. The largest absolute Gasteiger partial charge is 0.505 e. The van der Waals surface area contributed by atoms with Crippen LogP contribution in [0.5, 0.6) is 11.5 Å². The molecule has 0 saturated carbocycles. The maximum absolute atomic E-state index is 12.6. The van der Waals surface area contributed by atoms with E-state index in [2.05, 4.69) is 55.7 Å². The van der Waals surface area contributed by atoms with Crippen LogP contribution < -0.4 is 16.1 Å². The highest BCUT2D eigenvalue weighted by atomic mass is 35.5. The number of sulfone groups is 1. The van der Waals surface area contributed by atoms with Gasteiger partial charge < -0.3 is 20.8 Å². The molecule has 27 nitrogen and oxygen atoms in total. The number of rotatable bonds is 21. The summed E-state index contributed by atoms with van der Waals surface area (Å²) >= 11 is 10.0. The first-order valence-electron chi connectivity index (χ1n) is 20.5. The SMILES string of the molecule is Cc1cc(Nc2nc(Cl)nc(Nc3ccc4c(O)c(N=Nc5cc(NOCCS(=O)OCCl)ccc5S(=O)(=O)O)c(C)cc4c3)n2)c2c(O)c(N=Nc3ccc(S(=O)(=O)COS(=O)(=O)O)cc3)c(S(=O)(=O)O)cc2c1. The molecule has 0 amide bonds. The molecule has 0 aliphatic rings. The number of nitrogens with one attached hydrogen (secondary N) is 3. The quantitative estimate of drug-likeness (QED) is 0.0110. The van der Waals surface area contributed by atoms with Gasteiger partial charge in [-0.05, 0) is 126 Å². The van der Waals surface area contributed by atoms with Crippen LogP contribution in [0, 0.1) is 13.8 Å². The molecule has 1 heterocycles. The van der Waals surface area contributed by atoms with Crippen LogP contribution in [0.4, 0.5) is 51.7 Å². The summed E-state index contributed by atoms with van der Waals surface area (Å²) in [5.74, 6) is -2.90. The fourth-order valence-corrected chi connectivity index (χ4v) is 10.6. The first kappa shape index (κ1) is 56.1. The van der Waals surface area contributed by atoms with Crippen molar-refractivity contribution in [1.29, 1.82) is 0 Å². The summed E-state index contributed by atoms with van der Waals surface area (Å²) < 4.78 is 145. The van der Waals surface area contributed by atoms with Gasteiger partial charge in [0.05, 0.1) is 34.3 Å². The zero-order chi connectivity index (χ0) is 54.6. The molecule has 0 radical (unpaired) electrons. The van der Waals surface area contributed by atoms with Gasteiger partial charge in [-0.1, -0.05) is 17.7 Å². The van der Waals surface area contributed by atoms with Crippen molar-refractivity contribution < 1.29 is 75.0 Å². The minimum Gasteiger partial charge on any atom is -0.505 e. The molecule has 7 aromatic rings. The Morgan fingerprint density at radius 3 is 2.03 bits per heavy atom. The van der Waals surface area contributed by atoms with E-state index in [4.69, 9.17) is 36.8 Å². The number of hydrogen-bond donors (Lipinski definition) is 8. The Bertz CT molecular complexity index is 3950. The maximum Gasteiger partial charge on any atom is 0.398 e. The lowest BCUT2D eigenvalue weighted by Crippen LogP contribution is -2.14. The molecule has 75 heavy (non-hydrogen) atoms. The summed E-state index contributed by atoms with van der Waals surface area (Å²) in [6.45, 7) is 3.15. The topological polar surface area (TPSA) is 407 Å². The van der Waals surface area contributed by atoms with Crippen LogP contribution >= 0.6 is 23.2 Å². The predicted molar refractivity (Wildman–Crippen MR) is 272 cm³/mol. The van der Waals surface area contributed by atoms with Gasteiger partial charge in [-0.3, -0.25) is 28.2 Å². The molecular formula is C41H36Cl2N10O17S5. The van der Waals surface area contributed by atoms with Crippen molar-refractivity contribution in [2.24, 2.45) is 20.5 Å². The molecule has 6 aromatic carbocycles. The number of anilines is 5. The number of azo groups is 2. The van der Waals surface area contributed by atoms with Gasteiger partial charge in [0.25, 0.3) is 20.2 Å². The van der Waals surface area contributed by atoms with E-state index in [1.165, 1.54) is 30.3 Å². The number of benzene rings is 6. The maximum atomic E-state index is 12.6. The van der Waals surface area contributed by atoms with Crippen LogP contribution in [0.1, 0.15) is 11.1 Å². The number of hydrogen-bond acceptors (Lipinski definition) is 24. The highest BCUT2D eigenvalue weighted by Gasteiger charge is 2.25. The standard InChI is InChI=1S/C41H36Cl2N10O17S5/c1-21-13-24-17-33(74(62,63)64)36(52-49-25-3-7-28(8-4-25)72(57,58)20-70-75(65,66)67)38(55)34(24)31(14-21)45-41-47-39(43)46-40(48-41)44-26-5-9-29-23(16-26)15-22(2)35(37(29)54)51-50-30-18-27(6-10-32(30)73(59,60)61)53-68-11-12-71(56)69-19-42/h3-10,13-18,53-55H,11-12,19-20H2,1-2H3,(H,59,60,61)(H,62,63,64)(H,65,66,67)(H2,44,45,46,47,48). The Labute approximate surface area is 437 Å². The predicted octanol–water partition coefficient (Wildman–Crippen LogP) is 8.44. The van der Waals surface area contributed by atoms with E-state index in [0.29, 0.717) is 22.2 Å². The smallest absolute Gasteiger partial charge is 0.398 e. The molecule has 8 N–H and O–H groups in total. The number of nitrogens with zero attached hydrogens (tertiary/aromatic N) is 7. The molecule has 0 aliphatic heterocycles. The van der Waals surface area contributed by atoms with E-state index in [-0.39, 0.29) is 86.0 Å². The lowest BCUT2D eigenvalue weighted by atomic mass is 10.0. The van der Waals surface area contributed by atoms with E-state index >= 15 is 0 Å². The Kier molecular flexibility index (Phi) is 16.9. The summed E-state index contributed by atoms with van der Waals surface area (Å²) in [5, 5.41) is 45.2. The number of aromatic nitrogens is 3. The van der Waals surface area contributed by atoms with Gasteiger partial charge in [-0.15, -0.1) is 15.3 Å². The lowest BCUT2D eigenvalue weighted by Gasteiger charge is -2.15. The van der Waals surface area contributed by atoms with E-state index in [1.807, 2.05) is 0 Å². The van der Waals surface area contributed by atoms with E-state index in [1.54, 1.807) is 32.0 Å². The molecular weight excluding hydrogens is 1140 g/mol. The number of halogens is 2. The van der Waals surface area contributed by atoms with Crippen molar-refractivity contribution in [2.75, 3.05) is 40.5 Å². The molecule has 7 rings (SSSR count).